The van der Waals surface area contributed by atoms with Crippen LogP contribution in [0.3, 0.4) is 0 Å². The van der Waals surface area contributed by atoms with Crippen molar-refractivity contribution >= 4 is 33.0 Å². The van der Waals surface area contributed by atoms with Crippen molar-refractivity contribution in [3.8, 4) is 0 Å². The topological polar surface area (TPSA) is 81.4 Å². The minimum absolute atomic E-state index is 0.0589. The van der Waals surface area contributed by atoms with E-state index in [-0.39, 0.29) is 9.92 Å². The molecule has 0 saturated carbocycles. The Balaban J connectivity index is 2.40. The van der Waals surface area contributed by atoms with Gasteiger partial charge < -0.3 is 10.5 Å². The van der Waals surface area contributed by atoms with Gasteiger partial charge >= 0.3 is 0 Å². The predicted octanol–water partition coefficient (Wildman–Crippen LogP) is 2.87. The molecule has 5 nitrogen and oxygen atoms in total. The highest BCUT2D eigenvalue weighted by Gasteiger charge is 2.19. The third-order valence-corrected chi connectivity index (χ3v) is 4.65. The SMILES string of the molecule is COCc1ccccc1NS(=O)(=O)c1cc(N)ccc1Cl. The van der Waals surface area contributed by atoms with E-state index >= 15 is 0 Å². The molecule has 0 heterocycles. The number of para-hydroxylation sites is 1. The zero-order chi connectivity index (χ0) is 15.5. The van der Waals surface area contributed by atoms with Crippen LogP contribution in [0.4, 0.5) is 11.4 Å². The summed E-state index contributed by atoms with van der Waals surface area (Å²) >= 11 is 5.95. The van der Waals surface area contributed by atoms with Crippen molar-refractivity contribution in [2.75, 3.05) is 17.6 Å². The maximum Gasteiger partial charge on any atom is 0.263 e. The molecule has 7 heteroatoms. The van der Waals surface area contributed by atoms with Crippen molar-refractivity contribution in [2.45, 2.75) is 11.5 Å². The molecule has 2 aromatic carbocycles. The average molecular weight is 327 g/mol. The highest BCUT2D eigenvalue weighted by atomic mass is 35.5. The number of benzene rings is 2. The minimum Gasteiger partial charge on any atom is -0.399 e. The van der Waals surface area contributed by atoms with Gasteiger partial charge in [-0.15, -0.1) is 0 Å². The lowest BCUT2D eigenvalue weighted by Crippen LogP contribution is -2.15. The molecule has 0 fully saturated rings. The zero-order valence-corrected chi connectivity index (χ0v) is 12.9. The van der Waals surface area contributed by atoms with Gasteiger partial charge in [0.25, 0.3) is 10.0 Å². The summed E-state index contributed by atoms with van der Waals surface area (Å²) in [6, 6.07) is 11.3. The van der Waals surface area contributed by atoms with Crippen LogP contribution in [0.15, 0.2) is 47.4 Å². The lowest BCUT2D eigenvalue weighted by atomic mass is 10.2. The van der Waals surface area contributed by atoms with E-state index in [1.165, 1.54) is 12.1 Å². The Hall–Kier alpha value is -1.76. The molecule has 0 bridgehead atoms. The predicted molar refractivity (Wildman–Crippen MR) is 83.8 cm³/mol. The Bertz CT molecular complexity index is 748. The molecule has 0 unspecified atom stereocenters. The number of nitrogens with two attached hydrogens (primary N) is 1. The second-order valence-corrected chi connectivity index (χ2v) is 6.44. The van der Waals surface area contributed by atoms with Gasteiger partial charge in [-0.3, -0.25) is 4.72 Å². The largest absolute Gasteiger partial charge is 0.399 e. The van der Waals surface area contributed by atoms with Gasteiger partial charge in [-0.2, -0.15) is 0 Å². The van der Waals surface area contributed by atoms with Crippen LogP contribution in [-0.2, 0) is 21.4 Å². The molecule has 21 heavy (non-hydrogen) atoms. The molecule has 0 aliphatic rings. The number of ether oxygens (including phenoxy) is 1. The molecule has 0 aromatic heterocycles. The summed E-state index contributed by atoms with van der Waals surface area (Å²) in [5.41, 5.74) is 7.12. The van der Waals surface area contributed by atoms with E-state index in [0.29, 0.717) is 18.0 Å². The first-order valence-electron chi connectivity index (χ1n) is 6.09. The van der Waals surface area contributed by atoms with Crippen molar-refractivity contribution in [1.82, 2.24) is 0 Å². The van der Waals surface area contributed by atoms with Gasteiger partial charge in [-0.05, 0) is 24.3 Å². The van der Waals surface area contributed by atoms with E-state index < -0.39 is 10.0 Å². The molecule has 0 aliphatic carbocycles. The van der Waals surface area contributed by atoms with E-state index in [0.717, 1.165) is 5.56 Å². The molecule has 0 saturated heterocycles. The summed E-state index contributed by atoms with van der Waals surface area (Å²) < 4.78 is 32.4. The van der Waals surface area contributed by atoms with Crippen LogP contribution in [0.5, 0.6) is 0 Å². The molecule has 0 radical (unpaired) electrons. The third kappa shape index (κ3) is 3.66. The van der Waals surface area contributed by atoms with E-state index in [1.807, 2.05) is 0 Å². The van der Waals surface area contributed by atoms with E-state index in [1.54, 1.807) is 37.4 Å². The maximum absolute atomic E-state index is 12.4. The van der Waals surface area contributed by atoms with Crippen molar-refractivity contribution in [3.63, 3.8) is 0 Å². The number of halogens is 1. The number of nitrogen functional groups attached to an aromatic ring is 1. The molecular weight excluding hydrogens is 312 g/mol. The normalized spacial score (nSPS) is 11.3. The van der Waals surface area contributed by atoms with Crippen LogP contribution in [0.2, 0.25) is 5.02 Å². The Labute approximate surface area is 128 Å². The van der Waals surface area contributed by atoms with Crippen LogP contribution in [0.25, 0.3) is 0 Å². The standard InChI is InChI=1S/C14H15ClN2O3S/c1-20-9-10-4-2-3-5-13(10)17-21(18,19)14-8-11(16)6-7-12(14)15/h2-8,17H,9,16H2,1H3. The molecule has 0 aliphatic heterocycles. The molecule has 0 atom stereocenters. The van der Waals surface area contributed by atoms with Crippen molar-refractivity contribution in [2.24, 2.45) is 0 Å². The first-order chi connectivity index (χ1) is 9.94. The number of sulfonamides is 1. The van der Waals surface area contributed by atoms with Crippen LogP contribution in [0.1, 0.15) is 5.56 Å². The number of methoxy groups -OCH3 is 1. The Morgan fingerprint density at radius 3 is 2.67 bits per heavy atom. The fraction of sp³-hybridized carbons (Fsp3) is 0.143. The minimum atomic E-state index is -3.82. The smallest absolute Gasteiger partial charge is 0.263 e. The van der Waals surface area contributed by atoms with E-state index in [2.05, 4.69) is 4.72 Å². The molecule has 3 N–H and O–H groups in total. The fourth-order valence-corrected chi connectivity index (χ4v) is 3.46. The third-order valence-electron chi connectivity index (χ3n) is 2.81. The van der Waals surface area contributed by atoms with Gasteiger partial charge in [0.1, 0.15) is 4.90 Å². The van der Waals surface area contributed by atoms with Gasteiger partial charge in [0.2, 0.25) is 0 Å². The van der Waals surface area contributed by atoms with Crippen LogP contribution >= 0.6 is 11.6 Å². The van der Waals surface area contributed by atoms with Gasteiger partial charge in [0.15, 0.2) is 0 Å². The Morgan fingerprint density at radius 1 is 1.24 bits per heavy atom. The van der Waals surface area contributed by atoms with Gasteiger partial charge in [0, 0.05) is 18.4 Å². The Morgan fingerprint density at radius 2 is 1.95 bits per heavy atom. The van der Waals surface area contributed by atoms with Gasteiger partial charge in [-0.1, -0.05) is 29.8 Å². The summed E-state index contributed by atoms with van der Waals surface area (Å²) in [6.07, 6.45) is 0. The van der Waals surface area contributed by atoms with Crippen molar-refractivity contribution in [3.05, 3.63) is 53.1 Å². The molecule has 2 rings (SSSR count). The maximum atomic E-state index is 12.4. The fourth-order valence-electron chi connectivity index (χ4n) is 1.83. The molecule has 0 spiro atoms. The zero-order valence-electron chi connectivity index (χ0n) is 11.3. The van der Waals surface area contributed by atoms with Crippen LogP contribution in [0, 0.1) is 0 Å². The lowest BCUT2D eigenvalue weighted by molar-refractivity contribution is 0.185. The van der Waals surface area contributed by atoms with Crippen molar-refractivity contribution < 1.29 is 13.2 Å². The number of nitrogens with one attached hydrogen (secondary N) is 1. The average Bonchev–Trinajstić information content (AvgIpc) is 2.43. The van der Waals surface area contributed by atoms with E-state index in [4.69, 9.17) is 22.1 Å². The quantitative estimate of drug-likeness (QED) is 0.828. The summed E-state index contributed by atoms with van der Waals surface area (Å²) in [5.74, 6) is 0. The summed E-state index contributed by atoms with van der Waals surface area (Å²) in [5, 5.41) is 0.112. The van der Waals surface area contributed by atoms with E-state index in [9.17, 15) is 8.42 Å². The molecule has 2 aromatic rings. The monoisotopic (exact) mass is 326 g/mol. The second-order valence-electron chi connectivity index (χ2n) is 4.39. The molecule has 112 valence electrons. The highest BCUT2D eigenvalue weighted by Crippen LogP contribution is 2.27. The van der Waals surface area contributed by atoms with Crippen LogP contribution < -0.4 is 10.5 Å². The first kappa shape index (κ1) is 15.6. The lowest BCUT2D eigenvalue weighted by Gasteiger charge is -2.13. The van der Waals surface area contributed by atoms with Gasteiger partial charge in [0.05, 0.1) is 17.3 Å². The highest BCUT2D eigenvalue weighted by molar-refractivity contribution is 7.92. The van der Waals surface area contributed by atoms with Gasteiger partial charge in [-0.25, -0.2) is 8.42 Å². The summed E-state index contributed by atoms with van der Waals surface area (Å²) in [4.78, 5) is -0.0589. The van der Waals surface area contributed by atoms with Crippen molar-refractivity contribution in [1.29, 1.82) is 0 Å². The number of anilines is 2. The number of hydrogen-bond acceptors (Lipinski definition) is 4. The first-order valence-corrected chi connectivity index (χ1v) is 7.95. The second kappa shape index (κ2) is 6.34. The molecule has 0 amide bonds. The Kier molecular flexibility index (Phi) is 4.72. The number of rotatable bonds is 5. The molecular formula is C14H15ClN2O3S. The number of hydrogen-bond donors (Lipinski definition) is 2. The van der Waals surface area contributed by atoms with Crippen LogP contribution in [-0.4, -0.2) is 15.5 Å². The summed E-state index contributed by atoms with van der Waals surface area (Å²) in [6.45, 7) is 0.295. The summed E-state index contributed by atoms with van der Waals surface area (Å²) in [7, 11) is -2.28.